The van der Waals surface area contributed by atoms with Crippen molar-refractivity contribution in [2.45, 2.75) is 57.8 Å². The zero-order valence-corrected chi connectivity index (χ0v) is 52.0. The highest BCUT2D eigenvalue weighted by Gasteiger charge is 2.39. The SMILES string of the molecule is COc1nccc(I)c1-c1nc2cc3c(cc2[nH]1)C(=O)N(CCCN1CCCC1)C3=O.COc1nccc(I)c1C=O.Nc1cc2c(cc1N)C(=O)N(CCCN1CCCC1)C2=O.Nc1cc2c(cc1[N+](=O)[O-])C(=O)N(CCCN1CCCC1)C2=O. The number of nitro groups is 1. The maximum absolute atomic E-state index is 12.9. The lowest BCUT2D eigenvalue weighted by Crippen LogP contribution is -2.33. The third kappa shape index (κ3) is 13.7. The fourth-order valence-electron chi connectivity index (χ4n) is 11.3. The largest absolute Gasteiger partial charge is 0.480 e. The quantitative estimate of drug-likeness (QED) is 0.0178. The molecule has 0 unspecified atom stereocenters. The van der Waals surface area contributed by atoms with Crippen molar-refractivity contribution in [2.24, 2.45) is 0 Å². The number of carbonyl (C=O) groups is 7. The van der Waals surface area contributed by atoms with E-state index in [9.17, 15) is 43.7 Å². The molecular weight excluding hydrogens is 1330 g/mol. The zero-order valence-electron chi connectivity index (χ0n) is 47.7. The average molecular weight is 1400 g/mol. The predicted octanol–water partition coefficient (Wildman–Crippen LogP) is 7.02. The molecule has 3 aromatic carbocycles. The van der Waals surface area contributed by atoms with Gasteiger partial charge in [0.15, 0.2) is 6.29 Å². The summed E-state index contributed by atoms with van der Waals surface area (Å²) in [5, 5.41) is 10.9. The second-order valence-corrected chi connectivity index (χ2v) is 23.6. The van der Waals surface area contributed by atoms with Gasteiger partial charge in [-0.15, -0.1) is 0 Å². The molecule has 3 aromatic heterocycles. The number of hydrogen-bond acceptors (Lipinski definition) is 20. The molecule has 9 heterocycles. The van der Waals surface area contributed by atoms with Crippen molar-refractivity contribution >= 4 is 121 Å². The number of aldehydes is 1. The fourth-order valence-corrected chi connectivity index (χ4v) is 12.4. The molecule has 86 heavy (non-hydrogen) atoms. The Morgan fingerprint density at radius 2 is 0.942 bits per heavy atom. The van der Waals surface area contributed by atoms with Gasteiger partial charge in [0.25, 0.3) is 41.1 Å². The van der Waals surface area contributed by atoms with Gasteiger partial charge >= 0.3 is 0 Å². The van der Waals surface area contributed by atoms with Gasteiger partial charge in [-0.2, -0.15) is 0 Å². The summed E-state index contributed by atoms with van der Waals surface area (Å²) in [5.41, 5.74) is 21.7. The summed E-state index contributed by atoms with van der Waals surface area (Å²) in [7, 11) is 3.06. The molecule has 0 aliphatic carbocycles. The highest BCUT2D eigenvalue weighted by atomic mass is 127. The first kappa shape index (κ1) is 62.8. The topological polar surface area (TPSA) is 333 Å². The summed E-state index contributed by atoms with van der Waals surface area (Å²) in [5.74, 6) is -0.444. The molecule has 6 aliphatic heterocycles. The standard InChI is InChI=1S/C22H22IN5O3.C15H18N4O4.C15H20N4O2.C7H6INO2/c1-31-20-18(15(23)5-6-24-20)19-25-16-11-13-14(12-17(16)26-19)22(30)28(21(13)29)10-4-9-27-7-2-3-8-27;16-12-8-10-11(9-13(12)19(22)23)15(21)18(14(10)20)7-3-6-17-4-1-2-5-17;16-12-8-10-11(9-13(12)17)15(21)19(14(10)20)7-3-6-18-4-1-2-5-18;1-11-7-5(4-10)6(8)2-3-9-7/h5-6,11-12H,2-4,7-10H2,1H3,(H,25,26);8-9H,1-7,16H2;8-9H,1-7,16-17H2;2-4H,1H3. The number of halogens is 2. The first-order valence-electron chi connectivity index (χ1n) is 28.3. The maximum atomic E-state index is 12.9. The Morgan fingerprint density at radius 1 is 0.558 bits per heavy atom. The summed E-state index contributed by atoms with van der Waals surface area (Å²) in [6.45, 7) is 10.5. The number of pyridine rings is 2. The van der Waals surface area contributed by atoms with Crippen LogP contribution in [0.3, 0.4) is 0 Å². The van der Waals surface area contributed by atoms with E-state index in [1.807, 2.05) is 6.07 Å². The third-order valence-corrected chi connectivity index (χ3v) is 17.6. The maximum Gasteiger partial charge on any atom is 0.292 e. The number of nitrogens with two attached hydrogens (primary N) is 3. The Labute approximate surface area is 522 Å². The Bertz CT molecular complexity index is 3530. The predicted molar refractivity (Wildman–Crippen MR) is 337 cm³/mol. The first-order valence-corrected chi connectivity index (χ1v) is 30.5. The highest BCUT2D eigenvalue weighted by Crippen LogP contribution is 2.36. The van der Waals surface area contributed by atoms with E-state index >= 15 is 0 Å². The lowest BCUT2D eigenvalue weighted by molar-refractivity contribution is -0.383. The van der Waals surface area contributed by atoms with Crippen LogP contribution in [0, 0.1) is 17.3 Å². The number of aromatic nitrogens is 4. The van der Waals surface area contributed by atoms with Crippen LogP contribution in [0.1, 0.15) is 130 Å². The van der Waals surface area contributed by atoms with E-state index in [2.05, 4.69) is 79.8 Å². The molecule has 6 amide bonds. The average Bonchev–Trinajstić information content (AvgIpc) is 1.76. The van der Waals surface area contributed by atoms with Crippen molar-refractivity contribution in [1.82, 2.24) is 49.3 Å². The smallest absolute Gasteiger partial charge is 0.292 e. The molecule has 3 fully saturated rings. The summed E-state index contributed by atoms with van der Waals surface area (Å²) in [4.78, 5) is 123. The number of benzene rings is 3. The number of carbonyl (C=O) groups excluding carboxylic acids is 7. The molecule has 3 saturated heterocycles. The molecule has 6 aliphatic rings. The molecule has 6 aromatic rings. The second-order valence-electron chi connectivity index (χ2n) is 21.2. The Morgan fingerprint density at radius 3 is 1.35 bits per heavy atom. The van der Waals surface area contributed by atoms with Gasteiger partial charge < -0.3 is 46.4 Å². The van der Waals surface area contributed by atoms with E-state index in [4.69, 9.17) is 26.7 Å². The number of methoxy groups -OCH3 is 2. The van der Waals surface area contributed by atoms with E-state index in [-0.39, 0.29) is 46.1 Å². The van der Waals surface area contributed by atoms with Gasteiger partial charge in [-0.3, -0.25) is 58.4 Å². The number of nitro benzene ring substituents is 1. The minimum atomic E-state index is -0.649. The summed E-state index contributed by atoms with van der Waals surface area (Å²) < 4.78 is 12.0. The van der Waals surface area contributed by atoms with Crippen LogP contribution in [0.4, 0.5) is 22.7 Å². The monoisotopic (exact) mass is 1400 g/mol. The van der Waals surface area contributed by atoms with Crippen LogP contribution in [-0.2, 0) is 0 Å². The number of H-pyrrole nitrogens is 1. The van der Waals surface area contributed by atoms with E-state index in [0.29, 0.717) is 93.9 Å². The lowest BCUT2D eigenvalue weighted by atomic mass is 10.1. The van der Waals surface area contributed by atoms with Crippen molar-refractivity contribution in [3.05, 3.63) is 117 Å². The van der Waals surface area contributed by atoms with Crippen LogP contribution in [0.2, 0.25) is 0 Å². The van der Waals surface area contributed by atoms with Crippen LogP contribution in [-0.4, -0.2) is 189 Å². The summed E-state index contributed by atoms with van der Waals surface area (Å²) in [6.07, 6.45) is 13.7. The van der Waals surface area contributed by atoms with Crippen LogP contribution in [0.5, 0.6) is 11.8 Å². The molecule has 7 N–H and O–H groups in total. The van der Waals surface area contributed by atoms with Crippen molar-refractivity contribution in [3.63, 3.8) is 0 Å². The van der Waals surface area contributed by atoms with Crippen LogP contribution < -0.4 is 26.7 Å². The number of nitrogens with one attached hydrogen (secondary N) is 1. The van der Waals surface area contributed by atoms with Crippen molar-refractivity contribution < 1.29 is 48.0 Å². The Hall–Kier alpha value is -7.74. The number of amides is 6. The molecule has 25 nitrogen and oxygen atoms in total. The Kier molecular flexibility index (Phi) is 20.6. The van der Waals surface area contributed by atoms with Crippen molar-refractivity contribution in [2.75, 3.05) is 110 Å². The van der Waals surface area contributed by atoms with Crippen molar-refractivity contribution in [3.8, 4) is 23.1 Å². The van der Waals surface area contributed by atoms with E-state index < -0.39 is 16.7 Å². The van der Waals surface area contributed by atoms with Gasteiger partial charge in [0.2, 0.25) is 11.8 Å². The molecule has 0 saturated carbocycles. The van der Waals surface area contributed by atoms with E-state index in [0.717, 1.165) is 102 Å². The first-order chi connectivity index (χ1) is 41.4. The number of ether oxygens (including phenoxy) is 2. The number of rotatable bonds is 17. The molecule has 0 spiro atoms. The van der Waals surface area contributed by atoms with Crippen molar-refractivity contribution in [1.29, 1.82) is 0 Å². The van der Waals surface area contributed by atoms with Gasteiger partial charge in [0, 0.05) is 45.2 Å². The van der Waals surface area contributed by atoms with Gasteiger partial charge in [0.1, 0.15) is 11.5 Å². The third-order valence-electron chi connectivity index (χ3n) is 15.7. The Balaban J connectivity index is 0.000000144. The van der Waals surface area contributed by atoms with Gasteiger partial charge in [0.05, 0.1) is 86.1 Å². The van der Waals surface area contributed by atoms with Crippen LogP contribution in [0.15, 0.2) is 60.9 Å². The number of hydrogen-bond donors (Lipinski definition) is 4. The number of imide groups is 3. The fraction of sp³-hybridized carbons (Fsp3) is 0.390. The molecule has 12 rings (SSSR count). The number of likely N-dealkylation sites (tertiary alicyclic amines) is 3. The molecule has 27 heteroatoms. The second kappa shape index (κ2) is 28.2. The number of imidazole rings is 1. The number of nitrogen functional groups attached to an aromatic ring is 3. The van der Waals surface area contributed by atoms with E-state index in [1.54, 1.807) is 37.7 Å². The van der Waals surface area contributed by atoms with Gasteiger partial charge in [-0.25, -0.2) is 15.0 Å². The van der Waals surface area contributed by atoms with Crippen LogP contribution >= 0.6 is 45.2 Å². The van der Waals surface area contributed by atoms with Gasteiger partial charge in [-0.1, -0.05) is 0 Å². The number of aromatic amines is 1. The normalized spacial score (nSPS) is 16.4. The van der Waals surface area contributed by atoms with Gasteiger partial charge in [-0.05, 0) is 204 Å². The highest BCUT2D eigenvalue weighted by molar-refractivity contribution is 14.1. The molecule has 452 valence electrons. The molecule has 0 bridgehead atoms. The number of fused-ring (bicyclic) bond motifs is 4. The van der Waals surface area contributed by atoms with E-state index in [1.165, 1.54) is 73.6 Å². The molecule has 0 radical (unpaired) electrons. The number of nitrogens with zero attached hydrogens (tertiary/aromatic N) is 10. The molecule has 0 atom stereocenters. The zero-order chi connectivity index (χ0) is 61.3. The summed E-state index contributed by atoms with van der Waals surface area (Å²) in [6, 6.07) is 12.4. The minimum absolute atomic E-state index is 0.0667. The van der Waals surface area contributed by atoms with Crippen LogP contribution in [0.25, 0.3) is 22.4 Å². The lowest BCUT2D eigenvalue weighted by Gasteiger charge is -2.17. The molecular formula is C59H66I2N14O11. The minimum Gasteiger partial charge on any atom is -0.480 e. The number of anilines is 3. The summed E-state index contributed by atoms with van der Waals surface area (Å²) >= 11 is 4.26.